The van der Waals surface area contributed by atoms with Crippen LogP contribution in [0.4, 0.5) is 5.69 Å². The zero-order chi connectivity index (χ0) is 10.9. The smallest absolute Gasteiger partial charge is 0.152 e. The van der Waals surface area contributed by atoms with Gasteiger partial charge in [-0.1, -0.05) is 0 Å². The maximum absolute atomic E-state index is 11.2. The fourth-order valence-electron chi connectivity index (χ4n) is 1.62. The van der Waals surface area contributed by atoms with Gasteiger partial charge in [0.25, 0.3) is 0 Å². The summed E-state index contributed by atoms with van der Waals surface area (Å²) in [4.78, 5) is 4.06. The molecule has 2 rings (SSSR count). The van der Waals surface area contributed by atoms with Gasteiger partial charge < -0.3 is 5.32 Å². The average Bonchev–Trinajstić information content (AvgIpc) is 2.50. The highest BCUT2D eigenvalue weighted by molar-refractivity contribution is 9.10. The third-order valence-electron chi connectivity index (χ3n) is 2.35. The number of aromatic nitrogens is 1. The van der Waals surface area contributed by atoms with E-state index in [1.54, 1.807) is 6.20 Å². The molecule has 1 saturated heterocycles. The molecule has 2 heterocycles. The molecule has 15 heavy (non-hydrogen) atoms. The summed E-state index contributed by atoms with van der Waals surface area (Å²) in [6.45, 7) is 0. The largest absolute Gasteiger partial charge is 0.379 e. The molecule has 0 aliphatic carbocycles. The molecular weight excluding hydrogens is 280 g/mol. The normalized spacial score (nSPS) is 23.9. The molecule has 1 aliphatic heterocycles. The van der Waals surface area contributed by atoms with Gasteiger partial charge in [-0.15, -0.1) is 0 Å². The van der Waals surface area contributed by atoms with Gasteiger partial charge in [0, 0.05) is 12.2 Å². The molecule has 1 aliphatic rings. The lowest BCUT2D eigenvalue weighted by Gasteiger charge is -2.12. The van der Waals surface area contributed by atoms with E-state index in [0.717, 1.165) is 5.69 Å². The van der Waals surface area contributed by atoms with Crippen molar-refractivity contribution in [3.8, 4) is 0 Å². The fourth-order valence-corrected chi connectivity index (χ4v) is 3.66. The summed E-state index contributed by atoms with van der Waals surface area (Å²) in [6, 6.07) is 3.70. The molecule has 6 heteroatoms. The summed E-state index contributed by atoms with van der Waals surface area (Å²) in [6.07, 6.45) is 2.35. The van der Waals surface area contributed by atoms with Crippen LogP contribution in [0.25, 0.3) is 0 Å². The standard InChI is InChI=1S/C9H11BrN2O2S/c10-9-8(2-1-4-11-9)12-7-3-5-15(13,14)6-7/h1-2,4,7,12H,3,5-6H2. The number of pyridine rings is 1. The molecule has 1 fully saturated rings. The van der Waals surface area contributed by atoms with E-state index >= 15 is 0 Å². The van der Waals surface area contributed by atoms with Crippen LogP contribution in [0.15, 0.2) is 22.9 Å². The van der Waals surface area contributed by atoms with E-state index in [4.69, 9.17) is 0 Å². The first-order valence-electron chi connectivity index (χ1n) is 4.64. The molecule has 1 atom stereocenters. The van der Waals surface area contributed by atoms with Gasteiger partial charge in [0.15, 0.2) is 9.84 Å². The zero-order valence-corrected chi connectivity index (χ0v) is 10.4. The van der Waals surface area contributed by atoms with Gasteiger partial charge in [-0.25, -0.2) is 13.4 Å². The average molecular weight is 291 g/mol. The number of halogens is 1. The first-order chi connectivity index (χ1) is 7.07. The van der Waals surface area contributed by atoms with Gasteiger partial charge in [0.05, 0.1) is 17.2 Å². The summed E-state index contributed by atoms with van der Waals surface area (Å²) < 4.78 is 23.2. The third kappa shape index (κ3) is 2.69. The SMILES string of the molecule is O=S1(=O)CCC(Nc2cccnc2Br)C1. The highest BCUT2D eigenvalue weighted by Crippen LogP contribution is 2.22. The van der Waals surface area contributed by atoms with Crippen LogP contribution < -0.4 is 5.32 Å². The second-order valence-electron chi connectivity index (χ2n) is 3.59. The van der Waals surface area contributed by atoms with Crippen LogP contribution in [0.1, 0.15) is 6.42 Å². The topological polar surface area (TPSA) is 59.1 Å². The minimum absolute atomic E-state index is 0.00972. The summed E-state index contributed by atoms with van der Waals surface area (Å²) >= 11 is 3.31. The second kappa shape index (κ2) is 4.09. The van der Waals surface area contributed by atoms with E-state index < -0.39 is 9.84 Å². The monoisotopic (exact) mass is 290 g/mol. The molecule has 4 nitrogen and oxygen atoms in total. The lowest BCUT2D eigenvalue weighted by Crippen LogP contribution is -2.20. The van der Waals surface area contributed by atoms with Crippen LogP contribution in [0.5, 0.6) is 0 Å². The summed E-state index contributed by atoms with van der Waals surface area (Å²) in [5.41, 5.74) is 0.847. The van der Waals surface area contributed by atoms with Crippen LogP contribution >= 0.6 is 15.9 Å². The highest BCUT2D eigenvalue weighted by Gasteiger charge is 2.27. The molecule has 0 aromatic carbocycles. The van der Waals surface area contributed by atoms with Crippen molar-refractivity contribution in [3.63, 3.8) is 0 Å². The van der Waals surface area contributed by atoms with Crippen molar-refractivity contribution in [2.75, 3.05) is 16.8 Å². The van der Waals surface area contributed by atoms with Crippen molar-refractivity contribution in [2.45, 2.75) is 12.5 Å². The van der Waals surface area contributed by atoms with Crippen LogP contribution in [0, 0.1) is 0 Å². The van der Waals surface area contributed by atoms with Crippen molar-refractivity contribution in [1.82, 2.24) is 4.98 Å². The predicted octanol–water partition coefficient (Wildman–Crippen LogP) is 1.44. The van der Waals surface area contributed by atoms with Crippen molar-refractivity contribution in [1.29, 1.82) is 0 Å². The van der Waals surface area contributed by atoms with Crippen molar-refractivity contribution in [2.24, 2.45) is 0 Å². The minimum Gasteiger partial charge on any atom is -0.379 e. The van der Waals surface area contributed by atoms with Gasteiger partial charge in [-0.3, -0.25) is 0 Å². The Hall–Kier alpha value is -0.620. The number of nitrogens with zero attached hydrogens (tertiary/aromatic N) is 1. The Balaban J connectivity index is 2.08. The maximum atomic E-state index is 11.2. The molecule has 1 aromatic rings. The Morgan fingerprint density at radius 1 is 1.53 bits per heavy atom. The molecule has 0 bridgehead atoms. The van der Waals surface area contributed by atoms with Crippen molar-refractivity contribution < 1.29 is 8.42 Å². The number of hydrogen-bond acceptors (Lipinski definition) is 4. The Morgan fingerprint density at radius 2 is 2.33 bits per heavy atom. The quantitative estimate of drug-likeness (QED) is 0.838. The van der Waals surface area contributed by atoms with E-state index in [1.807, 2.05) is 12.1 Å². The molecule has 1 unspecified atom stereocenters. The Morgan fingerprint density at radius 3 is 2.93 bits per heavy atom. The molecule has 82 valence electrons. The Kier molecular flexibility index (Phi) is 2.97. The minimum atomic E-state index is -2.83. The third-order valence-corrected chi connectivity index (χ3v) is 4.75. The van der Waals surface area contributed by atoms with Crippen molar-refractivity contribution >= 4 is 31.5 Å². The Labute approximate surface area is 97.1 Å². The van der Waals surface area contributed by atoms with Crippen LogP contribution in [-0.4, -0.2) is 30.9 Å². The van der Waals surface area contributed by atoms with Gasteiger partial charge in [-0.2, -0.15) is 0 Å². The van der Waals surface area contributed by atoms with E-state index in [0.29, 0.717) is 11.0 Å². The second-order valence-corrected chi connectivity index (χ2v) is 6.57. The molecule has 1 N–H and O–H groups in total. The van der Waals surface area contributed by atoms with Gasteiger partial charge in [0.1, 0.15) is 4.60 Å². The first-order valence-corrected chi connectivity index (χ1v) is 7.26. The zero-order valence-electron chi connectivity index (χ0n) is 7.98. The number of hydrogen-bond donors (Lipinski definition) is 1. The first kappa shape index (κ1) is 10.9. The summed E-state index contributed by atoms with van der Waals surface area (Å²) in [7, 11) is -2.83. The fraction of sp³-hybridized carbons (Fsp3) is 0.444. The highest BCUT2D eigenvalue weighted by atomic mass is 79.9. The molecule has 0 amide bonds. The molecule has 0 saturated carbocycles. The van der Waals surface area contributed by atoms with Gasteiger partial charge in [-0.05, 0) is 34.5 Å². The van der Waals surface area contributed by atoms with Crippen LogP contribution in [0.2, 0.25) is 0 Å². The van der Waals surface area contributed by atoms with Crippen LogP contribution in [0.3, 0.4) is 0 Å². The van der Waals surface area contributed by atoms with Gasteiger partial charge >= 0.3 is 0 Å². The molecule has 0 spiro atoms. The lowest BCUT2D eigenvalue weighted by atomic mass is 10.2. The van der Waals surface area contributed by atoms with E-state index in [-0.39, 0.29) is 17.5 Å². The van der Waals surface area contributed by atoms with E-state index in [9.17, 15) is 8.42 Å². The maximum Gasteiger partial charge on any atom is 0.152 e. The predicted molar refractivity (Wildman–Crippen MR) is 62.6 cm³/mol. The number of rotatable bonds is 2. The number of nitrogens with one attached hydrogen (secondary N) is 1. The Bertz CT molecular complexity index is 461. The molecular formula is C9H11BrN2O2S. The lowest BCUT2D eigenvalue weighted by molar-refractivity contribution is 0.602. The van der Waals surface area contributed by atoms with Crippen LogP contribution in [-0.2, 0) is 9.84 Å². The summed E-state index contributed by atoms with van der Waals surface area (Å²) in [5.74, 6) is 0.497. The molecule has 0 radical (unpaired) electrons. The van der Waals surface area contributed by atoms with E-state index in [1.165, 1.54) is 0 Å². The number of anilines is 1. The van der Waals surface area contributed by atoms with E-state index in [2.05, 4.69) is 26.2 Å². The van der Waals surface area contributed by atoms with Gasteiger partial charge in [0.2, 0.25) is 0 Å². The molecule has 1 aromatic heterocycles. The summed E-state index contributed by atoms with van der Waals surface area (Å²) in [5, 5.41) is 3.18. The number of sulfone groups is 1. The van der Waals surface area contributed by atoms with Crippen molar-refractivity contribution in [3.05, 3.63) is 22.9 Å².